The van der Waals surface area contributed by atoms with Gasteiger partial charge in [-0.2, -0.15) is 0 Å². The van der Waals surface area contributed by atoms with Gasteiger partial charge in [-0.1, -0.05) is 30.3 Å². The molecular weight excluding hydrogens is 312 g/mol. The Kier molecular flexibility index (Phi) is 4.27. The van der Waals surface area contributed by atoms with Crippen molar-refractivity contribution in [2.45, 2.75) is 39.3 Å². The van der Waals surface area contributed by atoms with Crippen LogP contribution < -0.4 is 0 Å². The fourth-order valence-corrected chi connectivity index (χ4v) is 5.19. The van der Waals surface area contributed by atoms with Crippen LogP contribution in [0.3, 0.4) is 0 Å². The van der Waals surface area contributed by atoms with Crippen molar-refractivity contribution in [3.63, 3.8) is 0 Å². The van der Waals surface area contributed by atoms with Gasteiger partial charge < -0.3 is 9.64 Å². The van der Waals surface area contributed by atoms with Gasteiger partial charge in [0, 0.05) is 32.7 Å². The van der Waals surface area contributed by atoms with E-state index in [1.807, 2.05) is 25.7 Å². The first kappa shape index (κ1) is 16.9. The summed E-state index contributed by atoms with van der Waals surface area (Å²) in [5.74, 6) is 2.80. The van der Waals surface area contributed by atoms with Crippen LogP contribution in [-0.2, 0) is 11.3 Å². The fourth-order valence-electron chi connectivity index (χ4n) is 5.19. The molecule has 0 radical (unpaired) electrons. The molecule has 0 spiro atoms. The van der Waals surface area contributed by atoms with Gasteiger partial charge in [0.1, 0.15) is 5.60 Å². The van der Waals surface area contributed by atoms with Crippen molar-refractivity contribution in [2.75, 3.05) is 26.2 Å². The Morgan fingerprint density at radius 2 is 1.64 bits per heavy atom. The number of amides is 1. The minimum absolute atomic E-state index is 0.124. The molecule has 2 saturated heterocycles. The van der Waals surface area contributed by atoms with Crippen molar-refractivity contribution in [3.05, 3.63) is 35.9 Å². The Morgan fingerprint density at radius 3 is 2.20 bits per heavy atom. The second kappa shape index (κ2) is 6.31. The molecule has 3 fully saturated rings. The first-order chi connectivity index (χ1) is 11.9. The van der Waals surface area contributed by atoms with Crippen molar-refractivity contribution in [2.24, 2.45) is 23.7 Å². The molecule has 1 saturated carbocycles. The Morgan fingerprint density at radius 1 is 1.04 bits per heavy atom. The van der Waals surface area contributed by atoms with Gasteiger partial charge in [-0.3, -0.25) is 4.90 Å². The lowest BCUT2D eigenvalue weighted by Gasteiger charge is -2.34. The molecule has 2 aliphatic heterocycles. The van der Waals surface area contributed by atoms with E-state index in [0.717, 1.165) is 31.5 Å². The third-order valence-corrected chi connectivity index (χ3v) is 6.11. The van der Waals surface area contributed by atoms with E-state index in [1.165, 1.54) is 25.1 Å². The van der Waals surface area contributed by atoms with Crippen molar-refractivity contribution in [1.82, 2.24) is 9.80 Å². The van der Waals surface area contributed by atoms with Crippen molar-refractivity contribution in [3.8, 4) is 0 Å². The van der Waals surface area contributed by atoms with Gasteiger partial charge in [0.15, 0.2) is 0 Å². The van der Waals surface area contributed by atoms with E-state index in [2.05, 4.69) is 35.2 Å². The molecule has 4 rings (SSSR count). The van der Waals surface area contributed by atoms with Crippen LogP contribution >= 0.6 is 0 Å². The molecule has 1 aromatic rings. The highest BCUT2D eigenvalue weighted by Crippen LogP contribution is 2.49. The number of carbonyl (C=O) groups excluding carboxylic acids is 1. The number of piperidine rings is 1. The Hall–Kier alpha value is -1.55. The summed E-state index contributed by atoms with van der Waals surface area (Å²) in [6.45, 7) is 11.0. The summed E-state index contributed by atoms with van der Waals surface area (Å²) in [4.78, 5) is 17.0. The number of hydrogen-bond acceptors (Lipinski definition) is 3. The number of rotatable bonds is 2. The molecule has 25 heavy (non-hydrogen) atoms. The summed E-state index contributed by atoms with van der Waals surface area (Å²) in [5.41, 5.74) is 1.00. The maximum atomic E-state index is 12.4. The quantitative estimate of drug-likeness (QED) is 0.823. The molecular formula is C21H30N2O2. The van der Waals surface area contributed by atoms with Crippen LogP contribution in [0.2, 0.25) is 0 Å². The van der Waals surface area contributed by atoms with E-state index in [1.54, 1.807) is 0 Å². The average Bonchev–Trinajstić information content (AvgIpc) is 3.07. The topological polar surface area (TPSA) is 32.8 Å². The first-order valence-electron chi connectivity index (χ1n) is 9.63. The van der Waals surface area contributed by atoms with Crippen LogP contribution in [0.15, 0.2) is 30.3 Å². The normalized spacial score (nSPS) is 31.9. The lowest BCUT2D eigenvalue weighted by molar-refractivity contribution is 0.0255. The number of likely N-dealkylation sites (tertiary alicyclic amines) is 2. The maximum Gasteiger partial charge on any atom is 0.410 e. The second-order valence-corrected chi connectivity index (χ2v) is 9.15. The third kappa shape index (κ3) is 3.55. The molecule has 2 heterocycles. The van der Waals surface area contributed by atoms with E-state index >= 15 is 0 Å². The van der Waals surface area contributed by atoms with Crippen LogP contribution in [0.1, 0.15) is 32.8 Å². The van der Waals surface area contributed by atoms with Crippen LogP contribution in [-0.4, -0.2) is 47.7 Å². The zero-order chi connectivity index (χ0) is 17.6. The molecule has 0 unspecified atom stereocenters. The van der Waals surface area contributed by atoms with Crippen LogP contribution in [0, 0.1) is 23.7 Å². The Bertz CT molecular complexity index is 605. The molecule has 1 aromatic carbocycles. The summed E-state index contributed by atoms with van der Waals surface area (Å²) in [7, 11) is 0. The van der Waals surface area contributed by atoms with Gasteiger partial charge in [0.05, 0.1) is 0 Å². The summed E-state index contributed by atoms with van der Waals surface area (Å²) >= 11 is 0. The van der Waals surface area contributed by atoms with Gasteiger partial charge >= 0.3 is 6.09 Å². The van der Waals surface area contributed by atoms with E-state index in [9.17, 15) is 4.79 Å². The Labute approximate surface area is 151 Å². The molecule has 4 nitrogen and oxygen atoms in total. The number of nitrogens with zero attached hydrogens (tertiary/aromatic N) is 2. The number of ether oxygens (including phenoxy) is 1. The standard InChI is InChI=1S/C21H30N2O2/c1-21(2,3)25-20(24)23-13-18-16-9-17(19(18)14-23)12-22(11-16)10-15-7-5-4-6-8-15/h4-8,16-19H,9-14H2,1-3H3/t16-,17+,18-,19-/m0/s1. The predicted molar refractivity (Wildman–Crippen MR) is 98.1 cm³/mol. The van der Waals surface area contributed by atoms with Gasteiger partial charge in [0.25, 0.3) is 0 Å². The van der Waals surface area contributed by atoms with Gasteiger partial charge in [-0.25, -0.2) is 4.79 Å². The van der Waals surface area contributed by atoms with E-state index < -0.39 is 5.60 Å². The van der Waals surface area contributed by atoms with Crippen LogP contribution in [0.25, 0.3) is 0 Å². The van der Waals surface area contributed by atoms with E-state index in [0.29, 0.717) is 11.8 Å². The highest BCUT2D eigenvalue weighted by Gasteiger charge is 2.52. The summed E-state index contributed by atoms with van der Waals surface area (Å²) in [6.07, 6.45) is 1.23. The zero-order valence-corrected chi connectivity index (χ0v) is 15.6. The molecule has 4 atom stereocenters. The molecule has 2 bridgehead atoms. The van der Waals surface area contributed by atoms with Crippen molar-refractivity contribution < 1.29 is 9.53 Å². The summed E-state index contributed by atoms with van der Waals surface area (Å²) in [5, 5.41) is 0. The van der Waals surface area contributed by atoms with Crippen molar-refractivity contribution in [1.29, 1.82) is 0 Å². The third-order valence-electron chi connectivity index (χ3n) is 6.11. The lowest BCUT2D eigenvalue weighted by Crippen LogP contribution is -2.41. The largest absolute Gasteiger partial charge is 0.444 e. The first-order valence-corrected chi connectivity index (χ1v) is 9.63. The van der Waals surface area contributed by atoms with E-state index in [-0.39, 0.29) is 6.09 Å². The van der Waals surface area contributed by atoms with Gasteiger partial charge in [0.2, 0.25) is 0 Å². The fraction of sp³-hybridized carbons (Fsp3) is 0.667. The molecule has 1 amide bonds. The highest BCUT2D eigenvalue weighted by molar-refractivity contribution is 5.68. The smallest absolute Gasteiger partial charge is 0.410 e. The van der Waals surface area contributed by atoms with Crippen LogP contribution in [0.4, 0.5) is 4.79 Å². The summed E-state index contributed by atoms with van der Waals surface area (Å²) in [6, 6.07) is 10.8. The SMILES string of the molecule is CC(C)(C)OC(=O)N1C[C@H]2[C@@H]3C[C@@H](CN(Cc4ccccc4)C3)[C@@H]2C1. The molecule has 0 N–H and O–H groups in total. The highest BCUT2D eigenvalue weighted by atomic mass is 16.6. The zero-order valence-electron chi connectivity index (χ0n) is 15.6. The van der Waals surface area contributed by atoms with Gasteiger partial charge in [-0.05, 0) is 56.4 Å². The number of hydrogen-bond donors (Lipinski definition) is 0. The second-order valence-electron chi connectivity index (χ2n) is 9.15. The van der Waals surface area contributed by atoms with Crippen molar-refractivity contribution >= 4 is 6.09 Å². The van der Waals surface area contributed by atoms with Crippen LogP contribution in [0.5, 0.6) is 0 Å². The molecule has 136 valence electrons. The number of fused-ring (bicyclic) bond motifs is 5. The molecule has 0 aromatic heterocycles. The maximum absolute atomic E-state index is 12.4. The molecule has 4 heteroatoms. The monoisotopic (exact) mass is 342 g/mol. The minimum Gasteiger partial charge on any atom is -0.444 e. The molecule has 1 aliphatic carbocycles. The predicted octanol–water partition coefficient (Wildman–Crippen LogP) is 3.62. The number of benzene rings is 1. The average molecular weight is 342 g/mol. The lowest BCUT2D eigenvalue weighted by atomic mass is 9.92. The Balaban J connectivity index is 1.38. The van der Waals surface area contributed by atoms with Gasteiger partial charge in [-0.15, -0.1) is 0 Å². The number of carbonyl (C=O) groups is 1. The summed E-state index contributed by atoms with van der Waals surface area (Å²) < 4.78 is 5.59. The molecule has 3 aliphatic rings. The minimum atomic E-state index is -0.406. The van der Waals surface area contributed by atoms with E-state index in [4.69, 9.17) is 4.74 Å².